The van der Waals surface area contributed by atoms with Crippen molar-refractivity contribution in [1.82, 2.24) is 0 Å². The minimum atomic E-state index is -0.309. The number of carbonyl (C=O) groups excluding carboxylic acids is 1. The fourth-order valence-corrected chi connectivity index (χ4v) is 3.90. The molecule has 0 saturated carbocycles. The summed E-state index contributed by atoms with van der Waals surface area (Å²) in [7, 11) is 0. The molecule has 0 fully saturated rings. The van der Waals surface area contributed by atoms with Gasteiger partial charge in [0.2, 0.25) is 0 Å². The molecule has 3 nitrogen and oxygen atoms in total. The minimum absolute atomic E-state index is 0.233. The van der Waals surface area contributed by atoms with Crippen molar-refractivity contribution >= 4 is 5.97 Å². The fourth-order valence-electron chi connectivity index (χ4n) is 3.90. The first kappa shape index (κ1) is 26.2. The second-order valence-electron chi connectivity index (χ2n) is 8.33. The number of nitrogens with two attached hydrogens (primary N) is 1. The summed E-state index contributed by atoms with van der Waals surface area (Å²) in [4.78, 5) is 11.6. The van der Waals surface area contributed by atoms with Gasteiger partial charge in [-0.05, 0) is 32.1 Å². The Labute approximate surface area is 169 Å². The van der Waals surface area contributed by atoms with Gasteiger partial charge >= 0.3 is 5.97 Å². The van der Waals surface area contributed by atoms with Crippen LogP contribution >= 0.6 is 0 Å². The zero-order valence-corrected chi connectivity index (χ0v) is 18.8. The van der Waals surface area contributed by atoms with E-state index >= 15 is 0 Å². The summed E-state index contributed by atoms with van der Waals surface area (Å²) in [5.41, 5.74) is 6.94. The lowest BCUT2D eigenvalue weighted by Crippen LogP contribution is -2.47. The molecule has 0 bridgehead atoms. The molecule has 2 N–H and O–H groups in total. The molecule has 3 heteroatoms. The Morgan fingerprint density at radius 3 is 1.93 bits per heavy atom. The van der Waals surface area contributed by atoms with E-state index in [1.165, 1.54) is 70.6 Å². The highest BCUT2D eigenvalue weighted by atomic mass is 16.5. The predicted molar refractivity (Wildman–Crippen MR) is 118 cm³/mol. The summed E-state index contributed by atoms with van der Waals surface area (Å²) >= 11 is 0. The van der Waals surface area contributed by atoms with Crippen LogP contribution in [0.4, 0.5) is 0 Å². The van der Waals surface area contributed by atoms with Crippen molar-refractivity contribution in [2.75, 3.05) is 6.61 Å². The van der Waals surface area contributed by atoms with Crippen LogP contribution in [0, 0.1) is 5.92 Å². The SMILES string of the molecule is C=C(C)C(=O)OCCC(N)(CC)C(CC)CCCCCCCCCCCC. The lowest BCUT2D eigenvalue weighted by Gasteiger charge is -2.36. The molecule has 0 radical (unpaired) electrons. The molecular formula is C24H47NO2. The first-order valence-electron chi connectivity index (χ1n) is 11.5. The van der Waals surface area contributed by atoms with E-state index in [2.05, 4.69) is 27.4 Å². The van der Waals surface area contributed by atoms with Gasteiger partial charge in [-0.25, -0.2) is 4.79 Å². The van der Waals surface area contributed by atoms with Crippen LogP contribution in [0.15, 0.2) is 12.2 Å². The van der Waals surface area contributed by atoms with Crippen LogP contribution in [0.25, 0.3) is 0 Å². The van der Waals surface area contributed by atoms with Crippen LogP contribution in [0.1, 0.15) is 118 Å². The topological polar surface area (TPSA) is 52.3 Å². The molecule has 0 aliphatic rings. The third-order valence-electron chi connectivity index (χ3n) is 6.02. The van der Waals surface area contributed by atoms with Crippen molar-refractivity contribution in [3.8, 4) is 0 Å². The Hall–Kier alpha value is -0.830. The van der Waals surface area contributed by atoms with Gasteiger partial charge in [0.1, 0.15) is 0 Å². The Bertz CT molecular complexity index is 394. The maximum Gasteiger partial charge on any atom is 0.333 e. The Morgan fingerprint density at radius 2 is 1.48 bits per heavy atom. The molecule has 0 amide bonds. The van der Waals surface area contributed by atoms with Gasteiger partial charge in [0.15, 0.2) is 0 Å². The predicted octanol–water partition coefficient (Wildman–Crippen LogP) is 6.94. The van der Waals surface area contributed by atoms with Crippen molar-refractivity contribution in [2.24, 2.45) is 11.7 Å². The molecule has 2 atom stereocenters. The van der Waals surface area contributed by atoms with Crippen LogP contribution in [-0.2, 0) is 9.53 Å². The summed E-state index contributed by atoms with van der Waals surface area (Å²) in [5, 5.41) is 0. The molecule has 0 aromatic heterocycles. The van der Waals surface area contributed by atoms with Gasteiger partial charge in [-0.1, -0.05) is 98.0 Å². The number of esters is 1. The lowest BCUT2D eigenvalue weighted by atomic mass is 9.75. The molecule has 0 aliphatic heterocycles. The monoisotopic (exact) mass is 381 g/mol. The maximum absolute atomic E-state index is 11.6. The normalized spacial score (nSPS) is 14.6. The quantitative estimate of drug-likeness (QED) is 0.159. The molecule has 0 rings (SSSR count). The zero-order valence-electron chi connectivity index (χ0n) is 18.8. The second-order valence-corrected chi connectivity index (χ2v) is 8.33. The maximum atomic E-state index is 11.6. The number of carbonyl (C=O) groups is 1. The molecule has 0 aliphatic carbocycles. The Balaban J connectivity index is 4.02. The highest BCUT2D eigenvalue weighted by Gasteiger charge is 2.31. The minimum Gasteiger partial charge on any atom is -0.462 e. The first-order chi connectivity index (χ1) is 12.9. The van der Waals surface area contributed by atoms with Crippen LogP contribution in [0.2, 0.25) is 0 Å². The van der Waals surface area contributed by atoms with Gasteiger partial charge in [0.05, 0.1) is 6.61 Å². The van der Waals surface area contributed by atoms with Gasteiger partial charge in [0.25, 0.3) is 0 Å². The van der Waals surface area contributed by atoms with Gasteiger partial charge < -0.3 is 10.5 Å². The molecular weight excluding hydrogens is 334 g/mol. The Kier molecular flexibility index (Phi) is 15.7. The van der Waals surface area contributed by atoms with Crippen molar-refractivity contribution in [2.45, 2.75) is 123 Å². The average Bonchev–Trinajstić information content (AvgIpc) is 2.65. The molecule has 0 aromatic rings. The molecule has 0 saturated heterocycles. The van der Waals surface area contributed by atoms with E-state index in [9.17, 15) is 4.79 Å². The highest BCUT2D eigenvalue weighted by molar-refractivity contribution is 5.86. The lowest BCUT2D eigenvalue weighted by molar-refractivity contribution is -0.139. The largest absolute Gasteiger partial charge is 0.462 e. The fraction of sp³-hybridized carbons (Fsp3) is 0.875. The highest BCUT2D eigenvalue weighted by Crippen LogP contribution is 2.30. The Morgan fingerprint density at radius 1 is 0.963 bits per heavy atom. The van der Waals surface area contributed by atoms with Crippen molar-refractivity contribution < 1.29 is 9.53 Å². The summed E-state index contributed by atoms with van der Waals surface area (Å²) in [6.45, 7) is 12.4. The summed E-state index contributed by atoms with van der Waals surface area (Å²) in [6.07, 6.45) is 17.6. The number of ether oxygens (including phenoxy) is 1. The van der Waals surface area contributed by atoms with Gasteiger partial charge in [-0.2, -0.15) is 0 Å². The molecule has 0 spiro atoms. The molecule has 27 heavy (non-hydrogen) atoms. The van der Waals surface area contributed by atoms with Gasteiger partial charge in [-0.15, -0.1) is 0 Å². The molecule has 2 unspecified atom stereocenters. The number of hydrogen-bond acceptors (Lipinski definition) is 3. The van der Waals surface area contributed by atoms with E-state index in [1.807, 2.05) is 0 Å². The van der Waals surface area contributed by atoms with Crippen LogP contribution in [0.5, 0.6) is 0 Å². The molecule has 160 valence electrons. The third kappa shape index (κ3) is 12.3. The van der Waals surface area contributed by atoms with Crippen LogP contribution < -0.4 is 5.73 Å². The van der Waals surface area contributed by atoms with Gasteiger partial charge in [-0.3, -0.25) is 0 Å². The van der Waals surface area contributed by atoms with E-state index < -0.39 is 0 Å². The zero-order chi connectivity index (χ0) is 20.5. The second kappa shape index (κ2) is 16.2. The van der Waals surface area contributed by atoms with Crippen LogP contribution in [-0.4, -0.2) is 18.1 Å². The third-order valence-corrected chi connectivity index (χ3v) is 6.02. The van der Waals surface area contributed by atoms with Crippen molar-refractivity contribution in [3.63, 3.8) is 0 Å². The summed E-state index contributed by atoms with van der Waals surface area (Å²) in [5.74, 6) is 0.191. The van der Waals surface area contributed by atoms with E-state index in [-0.39, 0.29) is 11.5 Å². The first-order valence-corrected chi connectivity index (χ1v) is 11.5. The summed E-state index contributed by atoms with van der Waals surface area (Å²) in [6, 6.07) is 0. The summed E-state index contributed by atoms with van der Waals surface area (Å²) < 4.78 is 5.28. The van der Waals surface area contributed by atoms with Crippen molar-refractivity contribution in [1.29, 1.82) is 0 Å². The number of unbranched alkanes of at least 4 members (excludes halogenated alkanes) is 9. The molecule has 0 heterocycles. The van der Waals surface area contributed by atoms with E-state index in [1.54, 1.807) is 6.92 Å². The standard InChI is InChI=1S/C24H47NO2/c1-6-9-10-11-12-13-14-15-16-17-18-22(7-2)24(25,8-3)19-20-27-23(26)21(4)5/h22H,4,6-20,25H2,1-3,5H3. The van der Waals surface area contributed by atoms with E-state index in [0.29, 0.717) is 18.1 Å². The van der Waals surface area contributed by atoms with Gasteiger partial charge in [0, 0.05) is 11.1 Å². The number of rotatable bonds is 18. The number of hydrogen-bond donors (Lipinski definition) is 1. The van der Waals surface area contributed by atoms with E-state index in [0.717, 1.165) is 19.3 Å². The molecule has 0 aromatic carbocycles. The van der Waals surface area contributed by atoms with E-state index in [4.69, 9.17) is 10.5 Å². The smallest absolute Gasteiger partial charge is 0.333 e. The van der Waals surface area contributed by atoms with Crippen molar-refractivity contribution in [3.05, 3.63) is 12.2 Å². The van der Waals surface area contributed by atoms with Crippen LogP contribution in [0.3, 0.4) is 0 Å². The average molecular weight is 382 g/mol.